The molecule has 0 aliphatic carbocycles. The van der Waals surface area contributed by atoms with Gasteiger partial charge in [0.05, 0.1) is 0 Å². The molecule has 0 aromatic heterocycles. The minimum absolute atomic E-state index is 0.0753. The largest absolute Gasteiger partial charge is 0.324 e. The molecule has 2 N–H and O–H groups in total. The SMILES string of the molecule is Cc1cc(Br)c(C(N)CC(C)(C)C)cc1Br. The van der Waals surface area contributed by atoms with Gasteiger partial charge in [-0.2, -0.15) is 0 Å². The average molecular weight is 349 g/mol. The summed E-state index contributed by atoms with van der Waals surface area (Å²) in [4.78, 5) is 0. The molecule has 0 bridgehead atoms. The molecule has 0 radical (unpaired) electrons. The van der Waals surface area contributed by atoms with Crippen LogP contribution in [0.4, 0.5) is 0 Å². The van der Waals surface area contributed by atoms with Gasteiger partial charge in [-0.3, -0.25) is 0 Å². The fourth-order valence-corrected chi connectivity index (χ4v) is 2.83. The molecule has 90 valence electrons. The maximum atomic E-state index is 6.25. The van der Waals surface area contributed by atoms with Gasteiger partial charge < -0.3 is 5.73 Å². The molecule has 16 heavy (non-hydrogen) atoms. The van der Waals surface area contributed by atoms with Crippen LogP contribution in [0.15, 0.2) is 21.1 Å². The first-order chi connectivity index (χ1) is 7.20. The van der Waals surface area contributed by atoms with Crippen LogP contribution in [-0.4, -0.2) is 0 Å². The van der Waals surface area contributed by atoms with E-state index in [4.69, 9.17) is 5.73 Å². The Labute approximate surface area is 115 Å². The van der Waals surface area contributed by atoms with E-state index in [0.717, 1.165) is 15.4 Å². The van der Waals surface area contributed by atoms with Crippen molar-refractivity contribution >= 4 is 31.9 Å². The Bertz CT molecular complexity index is 380. The number of hydrogen-bond donors (Lipinski definition) is 1. The minimum atomic E-state index is 0.0753. The molecule has 0 aliphatic rings. The van der Waals surface area contributed by atoms with Gasteiger partial charge in [0, 0.05) is 15.0 Å². The van der Waals surface area contributed by atoms with E-state index in [0.29, 0.717) is 0 Å². The molecule has 0 amide bonds. The number of benzene rings is 1. The zero-order chi connectivity index (χ0) is 12.5. The van der Waals surface area contributed by atoms with Crippen molar-refractivity contribution in [2.45, 2.75) is 40.2 Å². The third-order valence-corrected chi connectivity index (χ3v) is 4.05. The van der Waals surface area contributed by atoms with Crippen LogP contribution in [-0.2, 0) is 0 Å². The smallest absolute Gasteiger partial charge is 0.0311 e. The highest BCUT2D eigenvalue weighted by Crippen LogP contribution is 2.34. The highest BCUT2D eigenvalue weighted by atomic mass is 79.9. The molecule has 1 aromatic rings. The molecule has 1 aromatic carbocycles. The zero-order valence-corrected chi connectivity index (χ0v) is 13.4. The van der Waals surface area contributed by atoms with Crippen molar-refractivity contribution in [3.05, 3.63) is 32.2 Å². The second-order valence-electron chi connectivity index (χ2n) is 5.49. The number of halogens is 2. The Morgan fingerprint density at radius 1 is 1.19 bits per heavy atom. The highest BCUT2D eigenvalue weighted by molar-refractivity contribution is 9.11. The number of hydrogen-bond acceptors (Lipinski definition) is 1. The summed E-state index contributed by atoms with van der Waals surface area (Å²) in [6, 6.07) is 4.31. The molecule has 0 spiro atoms. The van der Waals surface area contributed by atoms with E-state index in [9.17, 15) is 0 Å². The third-order valence-electron chi connectivity index (χ3n) is 2.51. The van der Waals surface area contributed by atoms with Gasteiger partial charge in [-0.15, -0.1) is 0 Å². The van der Waals surface area contributed by atoms with Crippen molar-refractivity contribution in [3.8, 4) is 0 Å². The summed E-state index contributed by atoms with van der Waals surface area (Å²) in [5.74, 6) is 0. The lowest BCUT2D eigenvalue weighted by molar-refractivity contribution is 0.342. The molecule has 0 fully saturated rings. The Kier molecular flexibility index (Phi) is 4.61. The van der Waals surface area contributed by atoms with Gasteiger partial charge in [0.25, 0.3) is 0 Å². The lowest BCUT2D eigenvalue weighted by Gasteiger charge is -2.24. The summed E-state index contributed by atoms with van der Waals surface area (Å²) < 4.78 is 2.22. The van der Waals surface area contributed by atoms with Crippen molar-refractivity contribution in [2.75, 3.05) is 0 Å². The minimum Gasteiger partial charge on any atom is -0.324 e. The molecule has 0 saturated carbocycles. The van der Waals surface area contributed by atoms with Crippen molar-refractivity contribution in [2.24, 2.45) is 11.1 Å². The lowest BCUT2D eigenvalue weighted by Crippen LogP contribution is -2.19. The molecule has 1 rings (SSSR count). The van der Waals surface area contributed by atoms with Crippen LogP contribution in [0.5, 0.6) is 0 Å². The second kappa shape index (κ2) is 5.19. The van der Waals surface area contributed by atoms with Crippen LogP contribution in [0.2, 0.25) is 0 Å². The summed E-state index contributed by atoms with van der Waals surface area (Å²) in [6.07, 6.45) is 0.973. The predicted octanol–water partition coefficient (Wildman–Crippen LogP) is 4.96. The van der Waals surface area contributed by atoms with Gasteiger partial charge >= 0.3 is 0 Å². The summed E-state index contributed by atoms with van der Waals surface area (Å²) >= 11 is 7.14. The van der Waals surface area contributed by atoms with E-state index >= 15 is 0 Å². The molecule has 1 atom stereocenters. The van der Waals surface area contributed by atoms with E-state index in [1.807, 2.05) is 0 Å². The fraction of sp³-hybridized carbons (Fsp3) is 0.538. The van der Waals surface area contributed by atoms with Crippen molar-refractivity contribution in [1.82, 2.24) is 0 Å². The van der Waals surface area contributed by atoms with E-state index in [1.165, 1.54) is 11.1 Å². The normalized spacial score (nSPS) is 13.9. The topological polar surface area (TPSA) is 26.0 Å². The summed E-state index contributed by atoms with van der Waals surface area (Å²) in [5, 5.41) is 0. The van der Waals surface area contributed by atoms with Crippen LogP contribution in [0, 0.1) is 12.3 Å². The van der Waals surface area contributed by atoms with E-state index in [-0.39, 0.29) is 11.5 Å². The number of nitrogens with two attached hydrogens (primary N) is 1. The molecule has 0 saturated heterocycles. The number of rotatable bonds is 2. The molecule has 0 aliphatic heterocycles. The van der Waals surface area contributed by atoms with Crippen molar-refractivity contribution in [1.29, 1.82) is 0 Å². The Hall–Kier alpha value is 0.140. The first-order valence-electron chi connectivity index (χ1n) is 5.42. The van der Waals surface area contributed by atoms with Crippen LogP contribution < -0.4 is 5.73 Å². The highest BCUT2D eigenvalue weighted by Gasteiger charge is 2.19. The molecule has 1 unspecified atom stereocenters. The lowest BCUT2D eigenvalue weighted by atomic mass is 9.86. The Balaban J connectivity index is 3.00. The summed E-state index contributed by atoms with van der Waals surface area (Å²) in [5.41, 5.74) is 8.89. The average Bonchev–Trinajstić information content (AvgIpc) is 2.08. The standard InChI is InChI=1S/C13H19Br2N/c1-8-5-11(15)9(6-10(8)14)12(16)7-13(2,3)4/h5-6,12H,7,16H2,1-4H3. The van der Waals surface area contributed by atoms with Gasteiger partial charge in [0.2, 0.25) is 0 Å². The third kappa shape index (κ3) is 3.86. The van der Waals surface area contributed by atoms with E-state index < -0.39 is 0 Å². The Morgan fingerprint density at radius 3 is 2.25 bits per heavy atom. The van der Waals surface area contributed by atoms with Crippen LogP contribution in [0.3, 0.4) is 0 Å². The summed E-state index contributed by atoms with van der Waals surface area (Å²) in [6.45, 7) is 8.71. The predicted molar refractivity (Wildman–Crippen MR) is 77.6 cm³/mol. The number of aryl methyl sites for hydroxylation is 1. The first kappa shape index (κ1) is 14.2. The summed E-state index contributed by atoms with van der Waals surface area (Å²) in [7, 11) is 0. The van der Waals surface area contributed by atoms with Crippen molar-refractivity contribution < 1.29 is 0 Å². The zero-order valence-electron chi connectivity index (χ0n) is 10.3. The first-order valence-corrected chi connectivity index (χ1v) is 7.00. The maximum absolute atomic E-state index is 6.25. The van der Waals surface area contributed by atoms with Gasteiger partial charge in [0.15, 0.2) is 0 Å². The van der Waals surface area contributed by atoms with E-state index in [1.54, 1.807) is 0 Å². The maximum Gasteiger partial charge on any atom is 0.0311 e. The van der Waals surface area contributed by atoms with Gasteiger partial charge in [0.1, 0.15) is 0 Å². The van der Waals surface area contributed by atoms with Crippen molar-refractivity contribution in [3.63, 3.8) is 0 Å². The fourth-order valence-electron chi connectivity index (χ4n) is 1.72. The quantitative estimate of drug-likeness (QED) is 0.803. The van der Waals surface area contributed by atoms with E-state index in [2.05, 4.69) is 71.7 Å². The van der Waals surface area contributed by atoms with Gasteiger partial charge in [-0.05, 0) is 42.0 Å². The van der Waals surface area contributed by atoms with Gasteiger partial charge in [-0.1, -0.05) is 52.6 Å². The molecule has 0 heterocycles. The van der Waals surface area contributed by atoms with Crippen LogP contribution in [0.25, 0.3) is 0 Å². The molecular weight excluding hydrogens is 330 g/mol. The second-order valence-corrected chi connectivity index (χ2v) is 7.20. The van der Waals surface area contributed by atoms with Gasteiger partial charge in [-0.25, -0.2) is 0 Å². The molecular formula is C13H19Br2N. The monoisotopic (exact) mass is 347 g/mol. The Morgan fingerprint density at radius 2 is 1.75 bits per heavy atom. The van der Waals surface area contributed by atoms with Crippen LogP contribution >= 0.6 is 31.9 Å². The van der Waals surface area contributed by atoms with Crippen LogP contribution in [0.1, 0.15) is 44.4 Å². The molecule has 3 heteroatoms. The molecule has 1 nitrogen and oxygen atoms in total.